The van der Waals surface area contributed by atoms with Crippen LogP contribution in [0.15, 0.2) is 50.6 Å². The van der Waals surface area contributed by atoms with Gasteiger partial charge in [-0.05, 0) is 62.6 Å². The zero-order chi connectivity index (χ0) is 16.3. The quantitative estimate of drug-likeness (QED) is 0.518. The van der Waals surface area contributed by atoms with Crippen LogP contribution in [-0.2, 0) is 0 Å². The molecule has 0 aliphatic heterocycles. The van der Waals surface area contributed by atoms with Crippen molar-refractivity contribution < 1.29 is 0 Å². The average Bonchev–Trinajstić information content (AvgIpc) is 2.41. The van der Waals surface area contributed by atoms with E-state index in [2.05, 4.69) is 44.5 Å². The summed E-state index contributed by atoms with van der Waals surface area (Å²) in [7, 11) is 0. The summed E-state index contributed by atoms with van der Waals surface area (Å²) >= 11 is 0. The van der Waals surface area contributed by atoms with Crippen molar-refractivity contribution in [2.45, 2.75) is 41.5 Å². The van der Waals surface area contributed by atoms with Crippen LogP contribution in [-0.4, -0.2) is 0 Å². The van der Waals surface area contributed by atoms with Crippen LogP contribution >= 0.6 is 0 Å². The van der Waals surface area contributed by atoms with Gasteiger partial charge in [-0.3, -0.25) is 0 Å². The van der Waals surface area contributed by atoms with E-state index >= 15 is 0 Å². The van der Waals surface area contributed by atoms with Crippen molar-refractivity contribution in [2.24, 2.45) is 0 Å². The van der Waals surface area contributed by atoms with Crippen molar-refractivity contribution in [2.75, 3.05) is 0 Å². The molecule has 0 aliphatic rings. The zero-order valence-electron chi connectivity index (χ0n) is 14.1. The van der Waals surface area contributed by atoms with Crippen LogP contribution in [0.3, 0.4) is 0 Å². The van der Waals surface area contributed by atoms with E-state index in [0.717, 1.165) is 33.4 Å². The summed E-state index contributed by atoms with van der Waals surface area (Å²) in [5.41, 5.74) is 6.69. The van der Waals surface area contributed by atoms with Crippen LogP contribution in [0, 0.1) is 0 Å². The Morgan fingerprint density at radius 2 is 0.900 bits per heavy atom. The minimum atomic E-state index is 1.07. The summed E-state index contributed by atoms with van der Waals surface area (Å²) in [6, 6.07) is 6.37. The molecule has 0 aromatic heterocycles. The van der Waals surface area contributed by atoms with Gasteiger partial charge in [0.2, 0.25) is 0 Å². The van der Waals surface area contributed by atoms with Crippen LogP contribution in [0.1, 0.15) is 58.2 Å². The molecule has 20 heavy (non-hydrogen) atoms. The lowest BCUT2D eigenvalue weighted by Crippen LogP contribution is -1.88. The SMILES string of the molecule is C=C(C)c1cc(C(=C)C)cc(C(=C)C)c1.C=CC.CC. The fourth-order valence-corrected chi connectivity index (χ4v) is 1.37. The predicted molar refractivity (Wildman–Crippen MR) is 97.8 cm³/mol. The third kappa shape index (κ3) is 7.58. The van der Waals surface area contributed by atoms with Gasteiger partial charge in [-0.15, -0.1) is 6.58 Å². The van der Waals surface area contributed by atoms with Gasteiger partial charge in [0.1, 0.15) is 0 Å². The molecule has 0 aliphatic carbocycles. The molecule has 1 aromatic rings. The highest BCUT2D eigenvalue weighted by molar-refractivity contribution is 5.75. The summed E-state index contributed by atoms with van der Waals surface area (Å²) in [4.78, 5) is 0. The molecule has 0 heterocycles. The second-order valence-corrected chi connectivity index (χ2v) is 4.55. The van der Waals surface area contributed by atoms with Crippen molar-refractivity contribution in [3.8, 4) is 0 Å². The molecule has 1 aromatic carbocycles. The Bertz CT molecular complexity index is 394. The molecule has 0 unspecified atom stereocenters. The van der Waals surface area contributed by atoms with E-state index in [0.29, 0.717) is 0 Å². The fraction of sp³-hybridized carbons (Fsp3) is 0.300. The Hall–Kier alpha value is -1.82. The molecule has 0 fully saturated rings. The lowest BCUT2D eigenvalue weighted by Gasteiger charge is -2.09. The van der Waals surface area contributed by atoms with Crippen molar-refractivity contribution >= 4 is 16.7 Å². The number of benzene rings is 1. The van der Waals surface area contributed by atoms with Gasteiger partial charge in [0.05, 0.1) is 0 Å². The van der Waals surface area contributed by atoms with Crippen molar-refractivity contribution in [3.63, 3.8) is 0 Å². The molecular weight excluding hydrogens is 240 g/mol. The molecule has 0 spiro atoms. The summed E-state index contributed by atoms with van der Waals surface area (Å²) in [5.74, 6) is 0. The first-order chi connectivity index (χ1) is 9.33. The monoisotopic (exact) mass is 270 g/mol. The molecule has 0 bridgehead atoms. The van der Waals surface area contributed by atoms with E-state index in [-0.39, 0.29) is 0 Å². The lowest BCUT2D eigenvalue weighted by molar-refractivity contribution is 1.47. The molecule has 0 N–H and O–H groups in total. The van der Waals surface area contributed by atoms with E-state index in [9.17, 15) is 0 Å². The molecule has 0 nitrogen and oxygen atoms in total. The summed E-state index contributed by atoms with van der Waals surface area (Å²) in [6.45, 7) is 27.2. The van der Waals surface area contributed by atoms with Gasteiger partial charge in [0, 0.05) is 0 Å². The number of hydrogen-bond donors (Lipinski definition) is 0. The highest BCUT2D eigenvalue weighted by Crippen LogP contribution is 2.24. The topological polar surface area (TPSA) is 0 Å². The van der Waals surface area contributed by atoms with Crippen LogP contribution in [0.25, 0.3) is 16.7 Å². The van der Waals surface area contributed by atoms with Crippen LogP contribution in [0.5, 0.6) is 0 Å². The minimum absolute atomic E-state index is 1.07. The Morgan fingerprint density at radius 1 is 0.750 bits per heavy atom. The Morgan fingerprint density at radius 3 is 1.00 bits per heavy atom. The Kier molecular flexibility index (Phi) is 11.3. The maximum Gasteiger partial charge on any atom is -0.0221 e. The maximum absolute atomic E-state index is 3.97. The second-order valence-electron chi connectivity index (χ2n) is 4.55. The average molecular weight is 270 g/mol. The first-order valence-corrected chi connectivity index (χ1v) is 7.03. The van der Waals surface area contributed by atoms with E-state index < -0.39 is 0 Å². The van der Waals surface area contributed by atoms with Gasteiger partial charge in [-0.2, -0.15) is 0 Å². The number of allylic oxidation sites excluding steroid dienone is 4. The highest BCUT2D eigenvalue weighted by Gasteiger charge is 2.02. The standard InChI is InChI=1S/C15H18.C3H6.C2H6/c1-10(2)13-7-14(11(3)4)9-15(8-13)12(5)6;1-3-2;1-2/h7-9H,1,3,5H2,2,4,6H3;3H,1H2,2H3;1-2H3. The third-order valence-electron chi connectivity index (χ3n) is 2.41. The number of hydrogen-bond acceptors (Lipinski definition) is 0. The van der Waals surface area contributed by atoms with Gasteiger partial charge < -0.3 is 0 Å². The zero-order valence-corrected chi connectivity index (χ0v) is 14.1. The molecular formula is C20H30. The second kappa shape index (κ2) is 11.0. The number of rotatable bonds is 3. The molecule has 0 heteroatoms. The van der Waals surface area contributed by atoms with Crippen LogP contribution in [0.4, 0.5) is 0 Å². The van der Waals surface area contributed by atoms with E-state index in [1.807, 2.05) is 41.5 Å². The van der Waals surface area contributed by atoms with E-state index in [1.165, 1.54) is 0 Å². The molecule has 110 valence electrons. The van der Waals surface area contributed by atoms with Gasteiger partial charge in [0.15, 0.2) is 0 Å². The fourth-order valence-electron chi connectivity index (χ4n) is 1.37. The highest BCUT2D eigenvalue weighted by atomic mass is 14.1. The van der Waals surface area contributed by atoms with E-state index in [4.69, 9.17) is 0 Å². The molecule has 0 saturated carbocycles. The van der Waals surface area contributed by atoms with Crippen LogP contribution < -0.4 is 0 Å². The van der Waals surface area contributed by atoms with Crippen molar-refractivity contribution in [1.82, 2.24) is 0 Å². The third-order valence-corrected chi connectivity index (χ3v) is 2.41. The predicted octanol–water partition coefficient (Wildman–Crippen LogP) is 7.00. The largest absolute Gasteiger partial charge is 0.103 e. The van der Waals surface area contributed by atoms with E-state index in [1.54, 1.807) is 6.08 Å². The smallest absolute Gasteiger partial charge is 0.0221 e. The molecule has 0 saturated heterocycles. The molecule has 1 rings (SSSR count). The van der Waals surface area contributed by atoms with Gasteiger partial charge in [0.25, 0.3) is 0 Å². The van der Waals surface area contributed by atoms with Crippen molar-refractivity contribution in [1.29, 1.82) is 0 Å². The van der Waals surface area contributed by atoms with Gasteiger partial charge in [-0.1, -0.05) is 56.4 Å². The van der Waals surface area contributed by atoms with Crippen LogP contribution in [0.2, 0.25) is 0 Å². The Labute approximate surface area is 126 Å². The Balaban J connectivity index is 0. The van der Waals surface area contributed by atoms with Gasteiger partial charge in [-0.25, -0.2) is 0 Å². The lowest BCUT2D eigenvalue weighted by atomic mass is 9.96. The summed E-state index contributed by atoms with van der Waals surface area (Å²) < 4.78 is 0. The molecule has 0 atom stereocenters. The van der Waals surface area contributed by atoms with Crippen molar-refractivity contribution in [3.05, 3.63) is 67.3 Å². The summed E-state index contributed by atoms with van der Waals surface area (Å²) in [5, 5.41) is 0. The molecule has 0 amide bonds. The first-order valence-electron chi connectivity index (χ1n) is 7.03. The summed E-state index contributed by atoms with van der Waals surface area (Å²) in [6.07, 6.45) is 1.75. The minimum Gasteiger partial charge on any atom is -0.103 e. The maximum atomic E-state index is 3.97. The first kappa shape index (κ1) is 20.5. The van der Waals surface area contributed by atoms with Gasteiger partial charge >= 0.3 is 0 Å². The molecule has 0 radical (unpaired) electrons. The normalized spacial score (nSPS) is 8.30.